The third-order valence-corrected chi connectivity index (χ3v) is 6.25. The number of carbonyl (C=O) groups is 1. The summed E-state index contributed by atoms with van der Waals surface area (Å²) in [7, 11) is 0. The van der Waals surface area contributed by atoms with Gasteiger partial charge in [-0.05, 0) is 49.9 Å². The SMILES string of the molecule is O=C(N1Cc2ccccc2[C@H](O)C1)C1(N2CCCC2)CCCCC1. The predicted octanol–water partition coefficient (Wildman–Crippen LogP) is 2.86. The first-order valence-corrected chi connectivity index (χ1v) is 9.51. The molecule has 1 aromatic rings. The molecule has 4 nitrogen and oxygen atoms in total. The lowest BCUT2D eigenvalue weighted by molar-refractivity contribution is -0.149. The van der Waals surface area contributed by atoms with Crippen molar-refractivity contribution in [2.45, 2.75) is 63.1 Å². The van der Waals surface area contributed by atoms with Gasteiger partial charge in [0.2, 0.25) is 5.91 Å². The van der Waals surface area contributed by atoms with E-state index >= 15 is 0 Å². The molecular weight excluding hydrogens is 300 g/mol. The van der Waals surface area contributed by atoms with Crippen molar-refractivity contribution in [2.24, 2.45) is 0 Å². The monoisotopic (exact) mass is 328 g/mol. The van der Waals surface area contributed by atoms with Gasteiger partial charge in [0, 0.05) is 6.54 Å². The van der Waals surface area contributed by atoms with Crippen LogP contribution in [0.25, 0.3) is 0 Å². The summed E-state index contributed by atoms with van der Waals surface area (Å²) in [4.78, 5) is 18.0. The van der Waals surface area contributed by atoms with E-state index in [9.17, 15) is 9.90 Å². The van der Waals surface area contributed by atoms with Gasteiger partial charge in [-0.1, -0.05) is 43.5 Å². The molecule has 1 saturated carbocycles. The molecule has 1 saturated heterocycles. The number of rotatable bonds is 2. The minimum absolute atomic E-state index is 0.262. The minimum atomic E-state index is -0.557. The molecule has 0 spiro atoms. The molecule has 130 valence electrons. The average molecular weight is 328 g/mol. The molecule has 0 aromatic heterocycles. The maximum absolute atomic E-state index is 13.6. The van der Waals surface area contributed by atoms with Gasteiger partial charge in [-0.25, -0.2) is 0 Å². The molecule has 1 aromatic carbocycles. The maximum atomic E-state index is 13.6. The van der Waals surface area contributed by atoms with E-state index in [1.165, 1.54) is 19.3 Å². The number of nitrogens with zero attached hydrogens (tertiary/aromatic N) is 2. The molecule has 3 aliphatic rings. The van der Waals surface area contributed by atoms with Crippen LogP contribution in [0.4, 0.5) is 0 Å². The van der Waals surface area contributed by atoms with E-state index < -0.39 is 6.10 Å². The van der Waals surface area contributed by atoms with E-state index in [-0.39, 0.29) is 11.4 Å². The third kappa shape index (κ3) is 2.66. The van der Waals surface area contributed by atoms with Crippen LogP contribution in [0.3, 0.4) is 0 Å². The summed E-state index contributed by atoms with van der Waals surface area (Å²) >= 11 is 0. The summed E-state index contributed by atoms with van der Waals surface area (Å²) in [6, 6.07) is 7.99. The molecular formula is C20H28N2O2. The highest BCUT2D eigenvalue weighted by atomic mass is 16.3. The van der Waals surface area contributed by atoms with Crippen molar-refractivity contribution in [1.82, 2.24) is 9.80 Å². The molecule has 4 heteroatoms. The van der Waals surface area contributed by atoms with Crippen molar-refractivity contribution >= 4 is 5.91 Å². The van der Waals surface area contributed by atoms with E-state index in [4.69, 9.17) is 0 Å². The Kier molecular flexibility index (Phi) is 4.35. The lowest BCUT2D eigenvalue weighted by Gasteiger charge is -2.47. The van der Waals surface area contributed by atoms with Crippen LogP contribution in [0.2, 0.25) is 0 Å². The van der Waals surface area contributed by atoms with Gasteiger partial charge in [0.1, 0.15) is 5.54 Å². The Bertz CT molecular complexity index is 603. The van der Waals surface area contributed by atoms with Crippen LogP contribution in [0, 0.1) is 0 Å². The molecule has 4 rings (SSSR count). The van der Waals surface area contributed by atoms with Crippen LogP contribution in [0.5, 0.6) is 0 Å². The van der Waals surface area contributed by atoms with Gasteiger partial charge >= 0.3 is 0 Å². The molecule has 24 heavy (non-hydrogen) atoms. The Hall–Kier alpha value is -1.39. The molecule has 1 atom stereocenters. The fourth-order valence-electron chi connectivity index (χ4n) is 4.98. The number of hydrogen-bond donors (Lipinski definition) is 1. The highest BCUT2D eigenvalue weighted by Gasteiger charge is 2.48. The predicted molar refractivity (Wildman–Crippen MR) is 93.4 cm³/mol. The van der Waals surface area contributed by atoms with Gasteiger partial charge in [0.25, 0.3) is 0 Å². The Morgan fingerprint density at radius 1 is 1.04 bits per heavy atom. The van der Waals surface area contributed by atoms with Gasteiger partial charge in [-0.15, -0.1) is 0 Å². The first-order valence-electron chi connectivity index (χ1n) is 9.51. The standard InChI is InChI=1S/C20H28N2O2/c23-18-15-21(14-16-8-2-3-9-17(16)18)19(24)20(10-4-1-5-11-20)22-12-6-7-13-22/h2-3,8-9,18,23H,1,4-7,10-15H2/t18-/m1/s1. The Labute approximate surface area is 144 Å². The van der Waals surface area contributed by atoms with Crippen molar-refractivity contribution in [3.05, 3.63) is 35.4 Å². The fourth-order valence-corrected chi connectivity index (χ4v) is 4.98. The summed E-state index contributed by atoms with van der Waals surface area (Å²) in [6.45, 7) is 3.19. The van der Waals surface area contributed by atoms with Crippen molar-refractivity contribution in [2.75, 3.05) is 19.6 Å². The topological polar surface area (TPSA) is 43.8 Å². The van der Waals surface area contributed by atoms with Crippen molar-refractivity contribution in [3.8, 4) is 0 Å². The maximum Gasteiger partial charge on any atom is 0.243 e. The molecule has 0 unspecified atom stereocenters. The molecule has 1 amide bonds. The summed E-state index contributed by atoms with van der Waals surface area (Å²) in [5.74, 6) is 0.262. The molecule has 2 fully saturated rings. The van der Waals surface area contributed by atoms with E-state index in [1.807, 2.05) is 29.2 Å². The number of benzene rings is 1. The number of hydrogen-bond acceptors (Lipinski definition) is 3. The number of amides is 1. The summed E-state index contributed by atoms with van der Waals surface area (Å²) in [6.07, 6.45) is 7.37. The summed E-state index contributed by atoms with van der Waals surface area (Å²) in [5, 5.41) is 10.5. The van der Waals surface area contributed by atoms with Gasteiger partial charge in [0.15, 0.2) is 0 Å². The van der Waals surface area contributed by atoms with E-state index in [2.05, 4.69) is 4.90 Å². The van der Waals surface area contributed by atoms with Crippen LogP contribution in [0.15, 0.2) is 24.3 Å². The van der Waals surface area contributed by atoms with Crippen molar-refractivity contribution < 1.29 is 9.90 Å². The smallest absolute Gasteiger partial charge is 0.243 e. The second kappa shape index (κ2) is 6.49. The zero-order valence-corrected chi connectivity index (χ0v) is 14.4. The fraction of sp³-hybridized carbons (Fsp3) is 0.650. The lowest BCUT2D eigenvalue weighted by atomic mass is 9.78. The average Bonchev–Trinajstić information content (AvgIpc) is 3.17. The van der Waals surface area contributed by atoms with Crippen LogP contribution >= 0.6 is 0 Å². The Morgan fingerprint density at radius 2 is 1.75 bits per heavy atom. The quantitative estimate of drug-likeness (QED) is 0.908. The second-order valence-electron chi connectivity index (χ2n) is 7.69. The molecule has 0 bridgehead atoms. The number of aliphatic hydroxyl groups excluding tert-OH is 1. The summed E-state index contributed by atoms with van der Waals surface area (Å²) < 4.78 is 0. The van der Waals surface area contributed by atoms with Gasteiger partial charge in [-0.3, -0.25) is 9.69 Å². The summed E-state index contributed by atoms with van der Waals surface area (Å²) in [5.41, 5.74) is 1.78. The van der Waals surface area contributed by atoms with Crippen LogP contribution in [0.1, 0.15) is 62.2 Å². The largest absolute Gasteiger partial charge is 0.387 e. The second-order valence-corrected chi connectivity index (χ2v) is 7.69. The van der Waals surface area contributed by atoms with E-state index in [0.717, 1.165) is 49.9 Å². The van der Waals surface area contributed by atoms with Gasteiger partial charge < -0.3 is 10.0 Å². The molecule has 1 aliphatic carbocycles. The molecule has 2 aliphatic heterocycles. The van der Waals surface area contributed by atoms with Crippen LogP contribution < -0.4 is 0 Å². The molecule has 2 heterocycles. The third-order valence-electron chi connectivity index (χ3n) is 6.25. The zero-order chi connectivity index (χ0) is 16.6. The van der Waals surface area contributed by atoms with Crippen LogP contribution in [-0.2, 0) is 11.3 Å². The number of fused-ring (bicyclic) bond motifs is 1. The number of likely N-dealkylation sites (tertiary alicyclic amines) is 1. The van der Waals surface area contributed by atoms with Gasteiger partial charge in [-0.2, -0.15) is 0 Å². The van der Waals surface area contributed by atoms with E-state index in [1.54, 1.807) is 0 Å². The highest BCUT2D eigenvalue weighted by molar-refractivity contribution is 5.87. The van der Waals surface area contributed by atoms with E-state index in [0.29, 0.717) is 13.1 Å². The zero-order valence-electron chi connectivity index (χ0n) is 14.4. The molecule has 0 radical (unpaired) electrons. The number of β-amino-alcohol motifs (C(OH)–C–C–N with tert-alkyl or cyclic N) is 1. The Balaban J connectivity index is 1.61. The first kappa shape index (κ1) is 16.1. The normalized spacial score (nSPS) is 27.0. The number of carbonyl (C=O) groups excluding carboxylic acids is 1. The van der Waals surface area contributed by atoms with Crippen LogP contribution in [-0.4, -0.2) is 46.0 Å². The molecule has 1 N–H and O–H groups in total. The highest BCUT2D eigenvalue weighted by Crippen LogP contribution is 2.39. The van der Waals surface area contributed by atoms with Crippen molar-refractivity contribution in [3.63, 3.8) is 0 Å². The lowest BCUT2D eigenvalue weighted by Crippen LogP contribution is -2.60. The first-order chi connectivity index (χ1) is 11.7. The minimum Gasteiger partial charge on any atom is -0.387 e. The Morgan fingerprint density at radius 3 is 2.50 bits per heavy atom. The van der Waals surface area contributed by atoms with Crippen molar-refractivity contribution in [1.29, 1.82) is 0 Å². The van der Waals surface area contributed by atoms with Gasteiger partial charge in [0.05, 0.1) is 12.6 Å². The number of aliphatic hydroxyl groups is 1.